The lowest BCUT2D eigenvalue weighted by Gasteiger charge is -2.35. The van der Waals surface area contributed by atoms with Crippen molar-refractivity contribution in [1.29, 1.82) is 0 Å². The lowest BCUT2D eigenvalue weighted by molar-refractivity contribution is -0.128. The lowest BCUT2D eigenvalue weighted by atomic mass is 10.1. The first-order chi connectivity index (χ1) is 17.1. The number of methoxy groups -OCH3 is 2. The topological polar surface area (TPSA) is 94.2 Å². The smallest absolute Gasteiger partial charge is 0.264 e. The Hall–Kier alpha value is -3.72. The minimum absolute atomic E-state index is 0.149. The van der Waals surface area contributed by atoms with Gasteiger partial charge in [0.25, 0.3) is 15.9 Å². The predicted octanol–water partition coefficient (Wildman–Crippen LogP) is 4.15. The van der Waals surface area contributed by atoms with E-state index in [0.717, 1.165) is 16.7 Å². The summed E-state index contributed by atoms with van der Waals surface area (Å²) >= 11 is 0. The van der Waals surface area contributed by atoms with Gasteiger partial charge in [-0.15, -0.1) is 0 Å². The molecule has 0 radical (unpaired) electrons. The van der Waals surface area contributed by atoms with Gasteiger partial charge in [0.1, 0.15) is 17.2 Å². The molecule has 3 aromatic rings. The number of nitrogens with zero attached hydrogens (tertiary/aromatic N) is 1. The third kappa shape index (κ3) is 4.97. The van der Waals surface area contributed by atoms with E-state index >= 15 is 0 Å². The summed E-state index contributed by atoms with van der Waals surface area (Å²) < 4.78 is 45.3. The highest BCUT2D eigenvalue weighted by molar-refractivity contribution is 7.92. The first kappa shape index (κ1) is 25.4. The average molecular weight is 511 g/mol. The molecule has 1 amide bonds. The number of amides is 1. The van der Waals surface area contributed by atoms with E-state index in [2.05, 4.69) is 5.32 Å². The van der Waals surface area contributed by atoms with Crippen LogP contribution in [0.2, 0.25) is 0 Å². The van der Waals surface area contributed by atoms with Gasteiger partial charge < -0.3 is 19.5 Å². The normalized spacial score (nSPS) is 15.9. The van der Waals surface area contributed by atoms with Crippen molar-refractivity contribution in [2.24, 2.45) is 0 Å². The fourth-order valence-corrected chi connectivity index (χ4v) is 5.59. The number of sulfonamides is 1. The number of ether oxygens (including phenoxy) is 3. The molecule has 1 heterocycles. The number of rotatable bonds is 7. The minimum Gasteiger partial charge on any atom is -0.497 e. The van der Waals surface area contributed by atoms with Crippen LogP contribution in [0.3, 0.4) is 0 Å². The van der Waals surface area contributed by atoms with Gasteiger partial charge in [-0.25, -0.2) is 8.42 Å². The second kappa shape index (κ2) is 10.1. The van der Waals surface area contributed by atoms with Gasteiger partial charge in [0.15, 0.2) is 6.10 Å². The Kier molecular flexibility index (Phi) is 7.12. The summed E-state index contributed by atoms with van der Waals surface area (Å²) in [5.74, 6) is 1.11. The molecule has 0 aliphatic carbocycles. The molecule has 0 unspecified atom stereocenters. The monoisotopic (exact) mass is 510 g/mol. The average Bonchev–Trinajstić information content (AvgIpc) is 2.87. The Balaban J connectivity index is 1.64. The molecule has 1 N–H and O–H groups in total. The number of carbonyl (C=O) groups is 1. The Bertz CT molecular complexity index is 1370. The van der Waals surface area contributed by atoms with Crippen molar-refractivity contribution in [2.45, 2.75) is 37.8 Å². The van der Waals surface area contributed by atoms with Gasteiger partial charge >= 0.3 is 0 Å². The highest BCUT2D eigenvalue weighted by Crippen LogP contribution is 2.38. The molecule has 0 bridgehead atoms. The maximum absolute atomic E-state index is 13.6. The Labute approximate surface area is 211 Å². The molecule has 0 spiro atoms. The molecular weight excluding hydrogens is 480 g/mol. The van der Waals surface area contributed by atoms with Crippen molar-refractivity contribution in [2.75, 3.05) is 25.1 Å². The number of fused-ring (bicyclic) bond motifs is 1. The molecule has 36 heavy (non-hydrogen) atoms. The largest absolute Gasteiger partial charge is 0.497 e. The first-order valence-electron chi connectivity index (χ1n) is 11.5. The zero-order chi connectivity index (χ0) is 26.0. The molecule has 1 aliphatic rings. The third-order valence-electron chi connectivity index (χ3n) is 6.15. The number of nitrogens with one attached hydrogen (secondary N) is 1. The van der Waals surface area contributed by atoms with Gasteiger partial charge in [0, 0.05) is 5.56 Å². The number of aryl methyl sites for hydroxylation is 2. The molecule has 3 aromatic carbocycles. The van der Waals surface area contributed by atoms with Gasteiger partial charge in [0.2, 0.25) is 0 Å². The van der Waals surface area contributed by atoms with Crippen LogP contribution in [0, 0.1) is 13.8 Å². The molecule has 190 valence electrons. The standard InChI is InChI=1S/C27H30N2O6S/c1-17-6-10-21(11-7-17)36(31,32)29-16-26(35-25-12-8-18(2)14-23(25)29)27(30)28-19(3)22-15-20(33-4)9-13-24(22)34-5/h6-15,19,26H,16H2,1-5H3,(H,28,30)/t19-,26-/m1/s1. The Morgan fingerprint density at radius 2 is 1.69 bits per heavy atom. The summed E-state index contributed by atoms with van der Waals surface area (Å²) in [5, 5.41) is 2.93. The van der Waals surface area contributed by atoms with E-state index in [-0.39, 0.29) is 11.4 Å². The maximum atomic E-state index is 13.6. The van der Waals surface area contributed by atoms with E-state index in [4.69, 9.17) is 14.2 Å². The highest BCUT2D eigenvalue weighted by Gasteiger charge is 2.38. The minimum atomic E-state index is -3.94. The quantitative estimate of drug-likeness (QED) is 0.513. The van der Waals surface area contributed by atoms with E-state index < -0.39 is 28.1 Å². The molecular formula is C27H30N2O6S. The van der Waals surface area contributed by atoms with Crippen LogP contribution in [-0.2, 0) is 14.8 Å². The lowest BCUT2D eigenvalue weighted by Crippen LogP contribution is -2.51. The van der Waals surface area contributed by atoms with Crippen molar-refractivity contribution in [3.05, 3.63) is 77.4 Å². The van der Waals surface area contributed by atoms with Gasteiger partial charge in [-0.2, -0.15) is 0 Å². The maximum Gasteiger partial charge on any atom is 0.264 e. The predicted molar refractivity (Wildman–Crippen MR) is 137 cm³/mol. The summed E-state index contributed by atoms with van der Waals surface area (Å²) in [5.41, 5.74) is 2.96. The van der Waals surface area contributed by atoms with Crippen LogP contribution in [0.5, 0.6) is 17.2 Å². The molecule has 0 aromatic heterocycles. The molecule has 0 fully saturated rings. The second-order valence-electron chi connectivity index (χ2n) is 8.77. The van der Waals surface area contributed by atoms with Gasteiger partial charge in [0.05, 0.1) is 37.4 Å². The van der Waals surface area contributed by atoms with Gasteiger partial charge in [-0.1, -0.05) is 23.8 Å². The zero-order valence-electron chi connectivity index (χ0n) is 20.9. The molecule has 1 aliphatic heterocycles. The van der Waals surface area contributed by atoms with E-state index in [9.17, 15) is 13.2 Å². The Morgan fingerprint density at radius 1 is 1.00 bits per heavy atom. The van der Waals surface area contributed by atoms with Crippen LogP contribution >= 0.6 is 0 Å². The van der Waals surface area contributed by atoms with Crippen molar-refractivity contribution in [1.82, 2.24) is 5.32 Å². The first-order valence-corrected chi connectivity index (χ1v) is 13.0. The molecule has 4 rings (SSSR count). The van der Waals surface area contributed by atoms with Gasteiger partial charge in [-0.05, 0) is 68.8 Å². The summed E-state index contributed by atoms with van der Waals surface area (Å²) in [6, 6.07) is 16.8. The number of anilines is 1. The fraction of sp³-hybridized carbons (Fsp3) is 0.296. The summed E-state index contributed by atoms with van der Waals surface area (Å²) in [7, 11) is -0.824. The molecule has 0 saturated heterocycles. The summed E-state index contributed by atoms with van der Waals surface area (Å²) in [4.78, 5) is 13.5. The van der Waals surface area contributed by atoms with Crippen LogP contribution in [0.4, 0.5) is 5.69 Å². The van der Waals surface area contributed by atoms with Crippen molar-refractivity contribution in [3.8, 4) is 17.2 Å². The van der Waals surface area contributed by atoms with Crippen LogP contribution in [-0.4, -0.2) is 41.2 Å². The van der Waals surface area contributed by atoms with E-state index in [1.165, 1.54) is 4.31 Å². The second-order valence-corrected chi connectivity index (χ2v) is 10.6. The van der Waals surface area contributed by atoms with E-state index in [1.54, 1.807) is 68.8 Å². The van der Waals surface area contributed by atoms with Gasteiger partial charge in [-0.3, -0.25) is 9.10 Å². The number of hydrogen-bond donors (Lipinski definition) is 1. The summed E-state index contributed by atoms with van der Waals surface area (Å²) in [6.07, 6.45) is -1.06. The van der Waals surface area contributed by atoms with Crippen LogP contribution in [0.15, 0.2) is 65.6 Å². The zero-order valence-corrected chi connectivity index (χ0v) is 21.8. The number of carbonyl (C=O) groups excluding carboxylic acids is 1. The Morgan fingerprint density at radius 3 is 2.36 bits per heavy atom. The molecule has 2 atom stereocenters. The third-order valence-corrected chi connectivity index (χ3v) is 7.94. The summed E-state index contributed by atoms with van der Waals surface area (Å²) in [6.45, 7) is 5.41. The fourth-order valence-electron chi connectivity index (χ4n) is 4.12. The molecule has 9 heteroatoms. The van der Waals surface area contributed by atoms with Crippen molar-refractivity contribution in [3.63, 3.8) is 0 Å². The highest BCUT2D eigenvalue weighted by atomic mass is 32.2. The van der Waals surface area contributed by atoms with Crippen molar-refractivity contribution < 1.29 is 27.4 Å². The van der Waals surface area contributed by atoms with Crippen LogP contribution in [0.1, 0.15) is 29.7 Å². The SMILES string of the molecule is COc1ccc(OC)c([C@@H](C)NC(=O)[C@H]2CN(S(=O)(=O)c3ccc(C)cc3)c3cc(C)ccc3O2)c1. The molecule has 0 saturated carbocycles. The molecule has 8 nitrogen and oxygen atoms in total. The number of benzene rings is 3. The van der Waals surface area contributed by atoms with Crippen LogP contribution < -0.4 is 23.8 Å². The van der Waals surface area contributed by atoms with Crippen molar-refractivity contribution >= 4 is 21.6 Å². The van der Waals surface area contributed by atoms with E-state index in [0.29, 0.717) is 22.9 Å². The number of hydrogen-bond acceptors (Lipinski definition) is 6. The van der Waals surface area contributed by atoms with E-state index in [1.807, 2.05) is 26.8 Å². The van der Waals surface area contributed by atoms with Crippen LogP contribution in [0.25, 0.3) is 0 Å².